The molecule has 1 aliphatic heterocycles. The van der Waals surface area contributed by atoms with Gasteiger partial charge in [-0.3, -0.25) is 14.8 Å². The number of hydrogen-bond acceptors (Lipinski definition) is 5. The van der Waals surface area contributed by atoms with Crippen LogP contribution in [0.1, 0.15) is 24.8 Å². The molecule has 1 aromatic carbocycles. The maximum Gasteiger partial charge on any atom is 0.335 e. The molecule has 0 aliphatic carbocycles. The van der Waals surface area contributed by atoms with E-state index in [-0.39, 0.29) is 11.3 Å². The molecule has 26 heavy (non-hydrogen) atoms. The van der Waals surface area contributed by atoms with Gasteiger partial charge in [0.05, 0.1) is 12.2 Å². The van der Waals surface area contributed by atoms with Gasteiger partial charge in [-0.1, -0.05) is 18.6 Å². The zero-order valence-electron chi connectivity index (χ0n) is 14.3. The lowest BCUT2D eigenvalue weighted by Gasteiger charge is -2.25. The maximum absolute atomic E-state index is 14.0. The van der Waals surface area contributed by atoms with Crippen LogP contribution in [0.3, 0.4) is 0 Å². The predicted molar refractivity (Wildman–Crippen MR) is 97.0 cm³/mol. The number of aromatic amines is 1. The summed E-state index contributed by atoms with van der Waals surface area (Å²) in [5, 5.41) is 10.4. The molecule has 1 aromatic heterocycles. The summed E-state index contributed by atoms with van der Waals surface area (Å²) in [6.45, 7) is 3.32. The molecule has 138 valence electrons. The summed E-state index contributed by atoms with van der Waals surface area (Å²) in [5.41, 5.74) is -1.99. The number of piperidine rings is 1. The molecule has 7 nitrogen and oxygen atoms in total. The SMILES string of the molecule is O=c1[nH]c(=O)n(-c2ccccc2F)c(O)c1C=NCCN1CCCCC1. The third-order valence-corrected chi connectivity index (χ3v) is 4.43. The summed E-state index contributed by atoms with van der Waals surface area (Å²) in [4.78, 5) is 32.6. The van der Waals surface area contributed by atoms with E-state index in [1.165, 1.54) is 49.7 Å². The number of aliphatic imine (C=N–C) groups is 1. The molecule has 0 saturated carbocycles. The normalized spacial score (nSPS) is 15.6. The Bertz CT molecular complexity index is 913. The predicted octanol–water partition coefficient (Wildman–Crippen LogP) is 1.28. The van der Waals surface area contributed by atoms with E-state index < -0.39 is 22.9 Å². The molecule has 2 aromatic rings. The Kier molecular flexibility index (Phi) is 5.62. The van der Waals surface area contributed by atoms with E-state index in [9.17, 15) is 19.1 Å². The van der Waals surface area contributed by atoms with Crippen molar-refractivity contribution < 1.29 is 9.50 Å². The molecule has 0 radical (unpaired) electrons. The minimum atomic E-state index is -0.914. The summed E-state index contributed by atoms with van der Waals surface area (Å²) in [5.74, 6) is -1.32. The molecular formula is C18H21FN4O3. The van der Waals surface area contributed by atoms with Crippen LogP contribution in [0.15, 0.2) is 38.8 Å². The van der Waals surface area contributed by atoms with Gasteiger partial charge >= 0.3 is 5.69 Å². The second-order valence-corrected chi connectivity index (χ2v) is 6.22. The first-order valence-electron chi connectivity index (χ1n) is 8.63. The lowest BCUT2D eigenvalue weighted by molar-refractivity contribution is 0.235. The van der Waals surface area contributed by atoms with Gasteiger partial charge in [-0.05, 0) is 38.1 Å². The van der Waals surface area contributed by atoms with Crippen molar-refractivity contribution >= 4 is 6.21 Å². The number of H-pyrrole nitrogens is 1. The minimum absolute atomic E-state index is 0.144. The number of hydrogen-bond donors (Lipinski definition) is 2. The molecule has 0 amide bonds. The number of nitrogens with zero attached hydrogens (tertiary/aromatic N) is 3. The number of nitrogens with one attached hydrogen (secondary N) is 1. The molecule has 8 heteroatoms. The summed E-state index contributed by atoms with van der Waals surface area (Å²) in [6, 6.07) is 5.50. The highest BCUT2D eigenvalue weighted by Crippen LogP contribution is 2.17. The number of halogens is 1. The Balaban J connectivity index is 1.84. The largest absolute Gasteiger partial charge is 0.493 e. The van der Waals surface area contributed by atoms with Crippen molar-refractivity contribution in [2.45, 2.75) is 19.3 Å². The minimum Gasteiger partial charge on any atom is -0.493 e. The Labute approximate surface area is 149 Å². The monoisotopic (exact) mass is 360 g/mol. The number of likely N-dealkylation sites (tertiary alicyclic amines) is 1. The second-order valence-electron chi connectivity index (χ2n) is 6.22. The molecule has 2 heterocycles. The first kappa shape index (κ1) is 18.1. The van der Waals surface area contributed by atoms with Gasteiger partial charge in [0.2, 0.25) is 5.88 Å². The van der Waals surface area contributed by atoms with Gasteiger partial charge in [-0.15, -0.1) is 0 Å². The standard InChI is InChI=1S/C18H21FN4O3/c19-14-6-2-3-7-15(14)23-17(25)13(16(24)21-18(23)26)12-20-8-11-22-9-4-1-5-10-22/h2-3,6-7,12,25H,1,4-5,8-11H2,(H,21,24,26). The van der Waals surface area contributed by atoms with E-state index in [4.69, 9.17) is 0 Å². The maximum atomic E-state index is 14.0. The van der Waals surface area contributed by atoms with Crippen LogP contribution in [0.4, 0.5) is 4.39 Å². The molecule has 0 unspecified atom stereocenters. The van der Waals surface area contributed by atoms with Crippen molar-refractivity contribution in [3.63, 3.8) is 0 Å². The van der Waals surface area contributed by atoms with Gasteiger partial charge < -0.3 is 10.0 Å². The van der Waals surface area contributed by atoms with Crippen LogP contribution >= 0.6 is 0 Å². The highest BCUT2D eigenvalue weighted by atomic mass is 19.1. The lowest BCUT2D eigenvalue weighted by Crippen LogP contribution is -2.32. The van der Waals surface area contributed by atoms with Crippen LogP contribution in [0.5, 0.6) is 5.88 Å². The molecular weight excluding hydrogens is 339 g/mol. The lowest BCUT2D eigenvalue weighted by atomic mass is 10.1. The zero-order chi connectivity index (χ0) is 18.5. The number of para-hydroxylation sites is 1. The third-order valence-electron chi connectivity index (χ3n) is 4.43. The van der Waals surface area contributed by atoms with Crippen LogP contribution in [0.2, 0.25) is 0 Å². The van der Waals surface area contributed by atoms with E-state index in [1.807, 2.05) is 0 Å². The molecule has 0 bridgehead atoms. The highest BCUT2D eigenvalue weighted by Gasteiger charge is 2.16. The first-order chi connectivity index (χ1) is 12.6. The van der Waals surface area contributed by atoms with E-state index in [2.05, 4.69) is 14.9 Å². The Hall–Kier alpha value is -2.74. The Morgan fingerprint density at radius 1 is 1.19 bits per heavy atom. The van der Waals surface area contributed by atoms with Crippen molar-refractivity contribution in [2.24, 2.45) is 4.99 Å². The van der Waals surface area contributed by atoms with E-state index in [0.29, 0.717) is 6.54 Å². The van der Waals surface area contributed by atoms with Crippen LogP contribution in [0.25, 0.3) is 5.69 Å². The fourth-order valence-corrected chi connectivity index (χ4v) is 3.05. The van der Waals surface area contributed by atoms with Crippen LogP contribution in [-0.4, -0.2) is 52.0 Å². The Morgan fingerprint density at radius 3 is 2.65 bits per heavy atom. The molecule has 0 atom stereocenters. The van der Waals surface area contributed by atoms with E-state index in [1.54, 1.807) is 0 Å². The summed E-state index contributed by atoms with van der Waals surface area (Å²) >= 11 is 0. The van der Waals surface area contributed by atoms with Crippen molar-refractivity contribution in [3.05, 3.63) is 56.5 Å². The highest BCUT2D eigenvalue weighted by molar-refractivity contribution is 5.82. The summed E-state index contributed by atoms with van der Waals surface area (Å²) in [7, 11) is 0. The molecule has 2 N–H and O–H groups in total. The number of rotatable bonds is 5. The van der Waals surface area contributed by atoms with Crippen molar-refractivity contribution in [1.29, 1.82) is 0 Å². The van der Waals surface area contributed by atoms with Crippen molar-refractivity contribution in [3.8, 4) is 11.6 Å². The number of benzene rings is 1. The average molecular weight is 360 g/mol. The van der Waals surface area contributed by atoms with Crippen molar-refractivity contribution in [1.82, 2.24) is 14.5 Å². The zero-order valence-corrected chi connectivity index (χ0v) is 14.3. The van der Waals surface area contributed by atoms with Gasteiger partial charge in [0, 0.05) is 12.8 Å². The number of aromatic hydroxyl groups is 1. The van der Waals surface area contributed by atoms with E-state index >= 15 is 0 Å². The van der Waals surface area contributed by atoms with Gasteiger partial charge in [-0.25, -0.2) is 13.8 Å². The van der Waals surface area contributed by atoms with Gasteiger partial charge in [0.15, 0.2) is 0 Å². The van der Waals surface area contributed by atoms with Crippen molar-refractivity contribution in [2.75, 3.05) is 26.2 Å². The summed E-state index contributed by atoms with van der Waals surface area (Å²) < 4.78 is 14.7. The van der Waals surface area contributed by atoms with Crippen LogP contribution in [-0.2, 0) is 0 Å². The number of aromatic nitrogens is 2. The Morgan fingerprint density at radius 2 is 1.92 bits per heavy atom. The molecule has 1 aliphatic rings. The average Bonchev–Trinajstić information content (AvgIpc) is 2.63. The molecule has 0 spiro atoms. The fraction of sp³-hybridized carbons (Fsp3) is 0.389. The molecule has 1 saturated heterocycles. The van der Waals surface area contributed by atoms with Crippen LogP contribution in [0, 0.1) is 5.82 Å². The third kappa shape index (κ3) is 3.91. The van der Waals surface area contributed by atoms with Crippen LogP contribution < -0.4 is 11.2 Å². The second kappa shape index (κ2) is 8.09. The summed E-state index contributed by atoms with van der Waals surface area (Å²) in [6.07, 6.45) is 4.84. The van der Waals surface area contributed by atoms with Gasteiger partial charge in [0.1, 0.15) is 11.4 Å². The smallest absolute Gasteiger partial charge is 0.335 e. The quantitative estimate of drug-likeness (QED) is 0.786. The fourth-order valence-electron chi connectivity index (χ4n) is 3.05. The molecule has 1 fully saturated rings. The van der Waals surface area contributed by atoms with Gasteiger partial charge in [0.25, 0.3) is 5.56 Å². The topological polar surface area (TPSA) is 90.7 Å². The van der Waals surface area contributed by atoms with E-state index in [0.717, 1.165) is 24.2 Å². The van der Waals surface area contributed by atoms with Gasteiger partial charge in [-0.2, -0.15) is 0 Å². The first-order valence-corrected chi connectivity index (χ1v) is 8.63. The molecule has 3 rings (SSSR count).